The molecule has 0 heterocycles. The molecule has 0 aromatic carbocycles. The van der Waals surface area contributed by atoms with Crippen LogP contribution in [0.25, 0.3) is 0 Å². The van der Waals surface area contributed by atoms with Crippen molar-refractivity contribution in [3.05, 3.63) is 12.7 Å². The van der Waals surface area contributed by atoms with Crippen LogP contribution in [0.4, 0.5) is 0 Å². The Morgan fingerprint density at radius 2 is 2.14 bits per heavy atom. The second-order valence-electron chi connectivity index (χ2n) is 3.99. The Hall–Kier alpha value is -0.790. The van der Waals surface area contributed by atoms with Gasteiger partial charge >= 0.3 is 5.97 Å². The molecule has 82 valence electrons. The Kier molecular flexibility index (Phi) is 5.51. The van der Waals surface area contributed by atoms with Crippen molar-refractivity contribution in [3.8, 4) is 0 Å². The average molecular weight is 198 g/mol. The number of carbonyl (C=O) groups excluding carboxylic acids is 1. The molecule has 0 aromatic heterocycles. The van der Waals surface area contributed by atoms with E-state index < -0.39 is 5.41 Å². The van der Waals surface area contributed by atoms with Gasteiger partial charge in [0, 0.05) is 0 Å². The fourth-order valence-electron chi connectivity index (χ4n) is 1.71. The van der Waals surface area contributed by atoms with Crippen molar-refractivity contribution in [2.75, 3.05) is 7.11 Å². The molecule has 0 radical (unpaired) electrons. The predicted molar refractivity (Wildman–Crippen MR) is 59.0 cm³/mol. The van der Waals surface area contributed by atoms with Gasteiger partial charge in [-0.2, -0.15) is 0 Å². The highest BCUT2D eigenvalue weighted by Crippen LogP contribution is 2.35. The van der Waals surface area contributed by atoms with Crippen molar-refractivity contribution in [1.29, 1.82) is 0 Å². The zero-order chi connectivity index (χ0) is 11.2. The fourth-order valence-corrected chi connectivity index (χ4v) is 1.71. The lowest BCUT2D eigenvalue weighted by Gasteiger charge is -2.31. The van der Waals surface area contributed by atoms with Crippen LogP contribution in [-0.4, -0.2) is 13.1 Å². The summed E-state index contributed by atoms with van der Waals surface area (Å²) in [6, 6.07) is 0. The van der Waals surface area contributed by atoms with E-state index >= 15 is 0 Å². The lowest BCUT2D eigenvalue weighted by Crippen LogP contribution is -2.35. The minimum atomic E-state index is -0.495. The molecule has 0 amide bonds. The highest BCUT2D eigenvalue weighted by molar-refractivity contribution is 5.79. The Morgan fingerprint density at radius 1 is 1.57 bits per heavy atom. The van der Waals surface area contributed by atoms with Crippen LogP contribution in [0.5, 0.6) is 0 Å². The zero-order valence-corrected chi connectivity index (χ0v) is 9.80. The van der Waals surface area contributed by atoms with E-state index in [-0.39, 0.29) is 11.9 Å². The van der Waals surface area contributed by atoms with E-state index in [4.69, 9.17) is 4.74 Å². The first kappa shape index (κ1) is 13.2. The first-order valence-corrected chi connectivity index (χ1v) is 5.27. The monoisotopic (exact) mass is 198 g/mol. The van der Waals surface area contributed by atoms with E-state index in [1.54, 1.807) is 6.08 Å². The summed E-state index contributed by atoms with van der Waals surface area (Å²) in [5.74, 6) is 0.0787. The third-order valence-electron chi connectivity index (χ3n) is 2.90. The maximum Gasteiger partial charge on any atom is 0.315 e. The van der Waals surface area contributed by atoms with Gasteiger partial charge in [-0.3, -0.25) is 4.79 Å². The molecule has 0 spiro atoms. The Morgan fingerprint density at radius 3 is 2.43 bits per heavy atom. The molecule has 0 saturated heterocycles. The van der Waals surface area contributed by atoms with Gasteiger partial charge in [0.05, 0.1) is 12.5 Å². The van der Waals surface area contributed by atoms with Crippen molar-refractivity contribution in [1.82, 2.24) is 0 Å². The van der Waals surface area contributed by atoms with E-state index in [0.29, 0.717) is 0 Å². The van der Waals surface area contributed by atoms with Crippen LogP contribution in [0.2, 0.25) is 0 Å². The smallest absolute Gasteiger partial charge is 0.315 e. The summed E-state index contributed by atoms with van der Waals surface area (Å²) in [5.41, 5.74) is -0.495. The minimum absolute atomic E-state index is 0.157. The fraction of sp³-hybridized carbons (Fsp3) is 0.750. The summed E-state index contributed by atoms with van der Waals surface area (Å²) in [7, 11) is 1.44. The third-order valence-corrected chi connectivity index (χ3v) is 2.90. The van der Waals surface area contributed by atoms with Gasteiger partial charge in [0.25, 0.3) is 0 Å². The molecular formula is C12H22O2. The lowest BCUT2D eigenvalue weighted by molar-refractivity contribution is -0.152. The van der Waals surface area contributed by atoms with Crippen molar-refractivity contribution in [2.24, 2.45) is 11.3 Å². The zero-order valence-electron chi connectivity index (χ0n) is 9.80. The molecule has 0 aromatic rings. The summed E-state index contributed by atoms with van der Waals surface area (Å²) in [5, 5.41) is 0. The first-order valence-electron chi connectivity index (χ1n) is 5.27. The number of esters is 1. The molecule has 0 bridgehead atoms. The number of ether oxygens (including phenoxy) is 1. The summed E-state index contributed by atoms with van der Waals surface area (Å²) in [4.78, 5) is 11.7. The van der Waals surface area contributed by atoms with Crippen LogP contribution in [0.15, 0.2) is 12.7 Å². The third kappa shape index (κ3) is 2.60. The molecule has 0 N–H and O–H groups in total. The highest BCUT2D eigenvalue weighted by atomic mass is 16.5. The first-order chi connectivity index (χ1) is 6.55. The van der Waals surface area contributed by atoms with Gasteiger partial charge in [0.2, 0.25) is 0 Å². The summed E-state index contributed by atoms with van der Waals surface area (Å²) < 4.78 is 4.85. The highest BCUT2D eigenvalue weighted by Gasteiger charge is 2.38. The Balaban J connectivity index is 4.78. The molecule has 2 nitrogen and oxygen atoms in total. The second kappa shape index (κ2) is 5.84. The molecule has 0 aliphatic rings. The van der Waals surface area contributed by atoms with Crippen LogP contribution in [0.3, 0.4) is 0 Å². The molecule has 0 aliphatic carbocycles. The number of unbranched alkanes of at least 4 members (excludes halogenated alkanes) is 1. The van der Waals surface area contributed by atoms with E-state index in [2.05, 4.69) is 13.5 Å². The molecule has 0 rings (SSSR count). The maximum atomic E-state index is 11.7. The van der Waals surface area contributed by atoms with Crippen molar-refractivity contribution < 1.29 is 9.53 Å². The van der Waals surface area contributed by atoms with Crippen LogP contribution in [-0.2, 0) is 9.53 Å². The molecule has 1 atom stereocenters. The van der Waals surface area contributed by atoms with Gasteiger partial charge in [0.15, 0.2) is 0 Å². The van der Waals surface area contributed by atoms with E-state index in [0.717, 1.165) is 19.3 Å². The topological polar surface area (TPSA) is 26.3 Å². The van der Waals surface area contributed by atoms with Gasteiger partial charge < -0.3 is 4.74 Å². The molecule has 0 fully saturated rings. The van der Waals surface area contributed by atoms with E-state index in [9.17, 15) is 4.79 Å². The Labute approximate surface area is 87.3 Å². The minimum Gasteiger partial charge on any atom is -0.468 e. The van der Waals surface area contributed by atoms with E-state index in [1.165, 1.54) is 7.11 Å². The van der Waals surface area contributed by atoms with Crippen molar-refractivity contribution in [2.45, 2.75) is 40.0 Å². The Bertz CT molecular complexity index is 196. The van der Waals surface area contributed by atoms with Crippen LogP contribution in [0.1, 0.15) is 40.0 Å². The van der Waals surface area contributed by atoms with Crippen LogP contribution in [0, 0.1) is 11.3 Å². The lowest BCUT2D eigenvalue weighted by atomic mass is 9.73. The quantitative estimate of drug-likeness (QED) is 0.484. The number of carbonyl (C=O) groups is 1. The predicted octanol–water partition coefficient (Wildman–Crippen LogP) is 3.18. The SMILES string of the molecule is C=C[C@](CCCC)(C(=O)OC)C(C)C. The van der Waals surface area contributed by atoms with E-state index in [1.807, 2.05) is 13.8 Å². The summed E-state index contributed by atoms with van der Waals surface area (Å²) >= 11 is 0. The molecular weight excluding hydrogens is 176 g/mol. The number of rotatable bonds is 6. The summed E-state index contributed by atoms with van der Waals surface area (Å²) in [6.45, 7) is 9.96. The van der Waals surface area contributed by atoms with Crippen molar-refractivity contribution in [3.63, 3.8) is 0 Å². The van der Waals surface area contributed by atoms with Gasteiger partial charge in [-0.1, -0.05) is 39.7 Å². The summed E-state index contributed by atoms with van der Waals surface area (Å²) in [6.07, 6.45) is 4.69. The number of hydrogen-bond donors (Lipinski definition) is 0. The van der Waals surface area contributed by atoms with Crippen LogP contribution >= 0.6 is 0 Å². The second-order valence-corrected chi connectivity index (χ2v) is 3.99. The molecule has 14 heavy (non-hydrogen) atoms. The van der Waals surface area contributed by atoms with Crippen molar-refractivity contribution >= 4 is 5.97 Å². The van der Waals surface area contributed by atoms with Gasteiger partial charge in [-0.15, -0.1) is 6.58 Å². The normalized spacial score (nSPS) is 14.9. The number of hydrogen-bond acceptors (Lipinski definition) is 2. The average Bonchev–Trinajstić information content (AvgIpc) is 2.18. The number of methoxy groups -OCH3 is 1. The maximum absolute atomic E-state index is 11.7. The van der Waals surface area contributed by atoms with Gasteiger partial charge in [-0.25, -0.2) is 0 Å². The molecule has 0 saturated carbocycles. The standard InChI is InChI=1S/C12H22O2/c1-6-8-9-12(7-2,10(3)4)11(13)14-5/h7,10H,2,6,8-9H2,1,3-5H3/t12-/m1/s1. The van der Waals surface area contributed by atoms with Gasteiger partial charge in [-0.05, 0) is 12.3 Å². The largest absolute Gasteiger partial charge is 0.468 e. The molecule has 2 heteroatoms. The van der Waals surface area contributed by atoms with Gasteiger partial charge in [0.1, 0.15) is 0 Å². The molecule has 0 aliphatic heterocycles. The van der Waals surface area contributed by atoms with Crippen LogP contribution < -0.4 is 0 Å². The molecule has 0 unspecified atom stereocenters.